The van der Waals surface area contributed by atoms with Crippen LogP contribution in [0.4, 0.5) is 10.5 Å². The number of hydrogen-bond donors (Lipinski definition) is 3. The molecule has 1 atom stereocenters. The fourth-order valence-electron chi connectivity index (χ4n) is 2.38. The van der Waals surface area contributed by atoms with E-state index < -0.39 is 23.8 Å². The highest BCUT2D eigenvalue weighted by molar-refractivity contribution is 6.17. The normalized spacial score (nSPS) is 17.5. The second kappa shape index (κ2) is 7.63. The number of para-hydroxylation sites is 1. The molecule has 1 heterocycles. The van der Waals surface area contributed by atoms with Crippen LogP contribution < -0.4 is 16.2 Å². The van der Waals surface area contributed by atoms with Gasteiger partial charge in [-0.3, -0.25) is 19.8 Å². The Morgan fingerprint density at radius 1 is 1.29 bits per heavy atom. The molecular weight excluding hydrogens is 308 g/mol. The number of carbonyl (C=O) groups is 3. The lowest BCUT2D eigenvalue weighted by Gasteiger charge is -2.31. The highest BCUT2D eigenvalue weighted by atomic mass is 16.2. The molecule has 0 bridgehead atoms. The van der Waals surface area contributed by atoms with E-state index in [0.29, 0.717) is 6.42 Å². The van der Waals surface area contributed by atoms with E-state index in [9.17, 15) is 14.4 Å². The van der Waals surface area contributed by atoms with E-state index in [4.69, 9.17) is 0 Å². The number of unbranched alkanes of at least 4 members (excludes halogenated alkanes) is 1. The van der Waals surface area contributed by atoms with Crippen molar-refractivity contribution in [1.82, 2.24) is 15.6 Å². The molecule has 1 aromatic carbocycles. The maximum absolute atomic E-state index is 12.5. The van der Waals surface area contributed by atoms with Crippen molar-refractivity contribution in [2.24, 2.45) is 5.92 Å². The summed E-state index contributed by atoms with van der Waals surface area (Å²) in [6, 6.07) is 6.88. The van der Waals surface area contributed by atoms with Crippen LogP contribution in [0.25, 0.3) is 0 Å². The lowest BCUT2D eigenvalue weighted by molar-refractivity contribution is -0.141. The summed E-state index contributed by atoms with van der Waals surface area (Å²) in [5.41, 5.74) is 7.73. The molecule has 1 saturated heterocycles. The molecular formula is C17H22N4O3. The Morgan fingerprint density at radius 2 is 2.00 bits per heavy atom. The number of barbiturate groups is 1. The van der Waals surface area contributed by atoms with Crippen LogP contribution in [0, 0.1) is 12.8 Å². The Hall–Kier alpha value is -2.83. The maximum Gasteiger partial charge on any atom is 0.330 e. The van der Waals surface area contributed by atoms with Crippen LogP contribution in [0.5, 0.6) is 0 Å². The third kappa shape index (κ3) is 3.73. The highest BCUT2D eigenvalue weighted by Crippen LogP contribution is 2.18. The van der Waals surface area contributed by atoms with Crippen molar-refractivity contribution < 1.29 is 14.4 Å². The fourth-order valence-corrected chi connectivity index (χ4v) is 2.38. The van der Waals surface area contributed by atoms with E-state index in [1.54, 1.807) is 0 Å². The number of hydrazine groups is 1. The van der Waals surface area contributed by atoms with Gasteiger partial charge in [0.2, 0.25) is 11.8 Å². The lowest BCUT2D eigenvalue weighted by atomic mass is 10.0. The first-order valence-electron chi connectivity index (χ1n) is 7.88. The van der Waals surface area contributed by atoms with Crippen molar-refractivity contribution in [2.45, 2.75) is 26.7 Å². The van der Waals surface area contributed by atoms with Gasteiger partial charge in [-0.1, -0.05) is 38.1 Å². The van der Waals surface area contributed by atoms with Gasteiger partial charge in [-0.25, -0.2) is 4.79 Å². The van der Waals surface area contributed by atoms with Crippen LogP contribution in [0.3, 0.4) is 0 Å². The first-order chi connectivity index (χ1) is 11.5. The third-order valence-electron chi connectivity index (χ3n) is 3.84. The van der Waals surface area contributed by atoms with Crippen molar-refractivity contribution in [3.63, 3.8) is 0 Å². The number of imide groups is 2. The number of rotatable bonds is 7. The molecule has 4 amide bonds. The number of aryl methyl sites for hydroxylation is 1. The van der Waals surface area contributed by atoms with Gasteiger partial charge in [-0.05, 0) is 25.0 Å². The van der Waals surface area contributed by atoms with E-state index in [1.165, 1.54) is 0 Å². The first kappa shape index (κ1) is 17.5. The lowest BCUT2D eigenvalue weighted by Crippen LogP contribution is -2.59. The number of amides is 4. The first-order valence-corrected chi connectivity index (χ1v) is 7.88. The van der Waals surface area contributed by atoms with Crippen LogP contribution in [-0.4, -0.2) is 29.3 Å². The second-order valence-electron chi connectivity index (χ2n) is 5.66. The molecule has 7 nitrogen and oxygen atoms in total. The standard InChI is InChI=1S/C17H22N4O3/c1-4-5-10-21-16(23)14(15(22)18-17(21)24)12(3)19-20-13-9-7-6-8-11(13)2/h6-9,14,19-20H,3-5,10H2,1-2H3,(H,18,22,24)/t14-/m1/s1. The molecule has 0 saturated carbocycles. The van der Waals surface area contributed by atoms with E-state index in [2.05, 4.69) is 22.7 Å². The van der Waals surface area contributed by atoms with Gasteiger partial charge >= 0.3 is 6.03 Å². The Kier molecular flexibility index (Phi) is 5.57. The molecule has 1 aromatic rings. The van der Waals surface area contributed by atoms with Gasteiger partial charge in [0, 0.05) is 12.2 Å². The van der Waals surface area contributed by atoms with Gasteiger partial charge in [-0.2, -0.15) is 0 Å². The quantitative estimate of drug-likeness (QED) is 0.525. The van der Waals surface area contributed by atoms with Crippen LogP contribution in [0.15, 0.2) is 36.5 Å². The van der Waals surface area contributed by atoms with Crippen molar-refractivity contribution in [2.75, 3.05) is 12.0 Å². The highest BCUT2D eigenvalue weighted by Gasteiger charge is 2.41. The zero-order chi connectivity index (χ0) is 17.7. The molecule has 3 N–H and O–H groups in total. The SMILES string of the molecule is C=C(NNc1ccccc1C)[C@@H]1C(=O)NC(=O)N(CCCC)C1=O. The van der Waals surface area contributed by atoms with E-state index in [0.717, 1.165) is 22.6 Å². The topological polar surface area (TPSA) is 90.5 Å². The molecule has 0 aliphatic carbocycles. The van der Waals surface area contributed by atoms with Crippen LogP contribution in [0.1, 0.15) is 25.3 Å². The molecule has 7 heteroatoms. The second-order valence-corrected chi connectivity index (χ2v) is 5.66. The van der Waals surface area contributed by atoms with Gasteiger partial charge in [-0.15, -0.1) is 0 Å². The van der Waals surface area contributed by atoms with Crippen molar-refractivity contribution >= 4 is 23.5 Å². The Morgan fingerprint density at radius 3 is 2.67 bits per heavy atom. The van der Waals surface area contributed by atoms with Gasteiger partial charge in [0.25, 0.3) is 0 Å². The van der Waals surface area contributed by atoms with Crippen molar-refractivity contribution in [1.29, 1.82) is 0 Å². The zero-order valence-electron chi connectivity index (χ0n) is 13.9. The molecule has 1 aliphatic heterocycles. The number of urea groups is 1. The zero-order valence-corrected chi connectivity index (χ0v) is 13.9. The number of anilines is 1. The summed E-state index contributed by atoms with van der Waals surface area (Å²) in [6.07, 6.45) is 1.52. The summed E-state index contributed by atoms with van der Waals surface area (Å²) < 4.78 is 0. The third-order valence-corrected chi connectivity index (χ3v) is 3.84. The number of benzene rings is 1. The minimum Gasteiger partial charge on any atom is -0.304 e. The molecule has 0 radical (unpaired) electrons. The van der Waals surface area contributed by atoms with Gasteiger partial charge in [0.05, 0.1) is 5.69 Å². The average Bonchev–Trinajstić information content (AvgIpc) is 2.53. The summed E-state index contributed by atoms with van der Waals surface area (Å²) in [5, 5.41) is 2.21. The summed E-state index contributed by atoms with van der Waals surface area (Å²) in [4.78, 5) is 37.4. The van der Waals surface area contributed by atoms with Crippen molar-refractivity contribution in [3.8, 4) is 0 Å². The molecule has 0 aromatic heterocycles. The predicted octanol–water partition coefficient (Wildman–Crippen LogP) is 1.92. The maximum atomic E-state index is 12.5. The number of hydrogen-bond acceptors (Lipinski definition) is 5. The largest absolute Gasteiger partial charge is 0.330 e. The average molecular weight is 330 g/mol. The van der Waals surface area contributed by atoms with Crippen LogP contribution in [-0.2, 0) is 9.59 Å². The molecule has 1 fully saturated rings. The summed E-state index contributed by atoms with van der Waals surface area (Å²) in [7, 11) is 0. The Bertz CT molecular complexity index is 672. The number of nitrogens with one attached hydrogen (secondary N) is 3. The van der Waals surface area contributed by atoms with E-state index in [1.807, 2.05) is 38.1 Å². The summed E-state index contributed by atoms with van der Waals surface area (Å²) in [6.45, 7) is 7.94. The van der Waals surface area contributed by atoms with Crippen molar-refractivity contribution in [3.05, 3.63) is 42.1 Å². The van der Waals surface area contributed by atoms with Gasteiger partial charge in [0.15, 0.2) is 5.92 Å². The molecule has 24 heavy (non-hydrogen) atoms. The Balaban J connectivity index is 2.06. The predicted molar refractivity (Wildman–Crippen MR) is 90.7 cm³/mol. The van der Waals surface area contributed by atoms with E-state index >= 15 is 0 Å². The molecule has 128 valence electrons. The van der Waals surface area contributed by atoms with Crippen LogP contribution >= 0.6 is 0 Å². The van der Waals surface area contributed by atoms with E-state index in [-0.39, 0.29) is 12.2 Å². The van der Waals surface area contributed by atoms with Gasteiger partial charge in [0.1, 0.15) is 0 Å². The fraction of sp³-hybridized carbons (Fsp3) is 0.353. The number of nitrogens with zero attached hydrogens (tertiary/aromatic N) is 1. The minimum atomic E-state index is -1.14. The number of carbonyl (C=O) groups excluding carboxylic acids is 3. The molecule has 0 unspecified atom stereocenters. The monoisotopic (exact) mass is 330 g/mol. The van der Waals surface area contributed by atoms with Gasteiger partial charge < -0.3 is 10.9 Å². The summed E-state index contributed by atoms with van der Waals surface area (Å²) >= 11 is 0. The molecule has 2 rings (SSSR count). The molecule has 0 spiro atoms. The summed E-state index contributed by atoms with van der Waals surface area (Å²) in [5.74, 6) is -2.36. The smallest absolute Gasteiger partial charge is 0.304 e. The molecule has 1 aliphatic rings. The Labute approximate surface area is 141 Å². The van der Waals surface area contributed by atoms with Crippen LogP contribution in [0.2, 0.25) is 0 Å². The minimum absolute atomic E-state index is 0.190.